The number of aliphatic carboxylic acids is 1. The Morgan fingerprint density at radius 3 is 2.52 bits per heavy atom. The van der Waals surface area contributed by atoms with Crippen LogP contribution >= 0.6 is 0 Å². The molecule has 0 saturated carbocycles. The summed E-state index contributed by atoms with van der Waals surface area (Å²) in [7, 11) is -3.30. The van der Waals surface area contributed by atoms with Gasteiger partial charge in [0.2, 0.25) is 0 Å². The Bertz CT molecular complexity index is 520. The first kappa shape index (κ1) is 16.0. The standard InChI is InChI=1S/C12H20N2O6S/c15-7-9-1-2-13(6-9)12(18)14-3-4-21(19,20)8-10(14)5-11(16)17/h9-10,15H,1-8H2,(H,16,17). The van der Waals surface area contributed by atoms with Crippen LogP contribution in [-0.2, 0) is 14.6 Å². The summed E-state index contributed by atoms with van der Waals surface area (Å²) in [4.78, 5) is 26.3. The first-order valence-corrected chi connectivity index (χ1v) is 8.73. The fourth-order valence-electron chi connectivity index (χ4n) is 2.85. The van der Waals surface area contributed by atoms with Gasteiger partial charge in [-0.15, -0.1) is 0 Å². The molecule has 2 N–H and O–H groups in total. The smallest absolute Gasteiger partial charge is 0.320 e. The zero-order valence-electron chi connectivity index (χ0n) is 11.6. The number of carboxylic acids is 1. The van der Waals surface area contributed by atoms with Gasteiger partial charge in [-0.25, -0.2) is 13.2 Å². The van der Waals surface area contributed by atoms with E-state index >= 15 is 0 Å². The predicted molar refractivity (Wildman–Crippen MR) is 73.6 cm³/mol. The minimum atomic E-state index is -3.30. The second-order valence-corrected chi connectivity index (χ2v) is 7.85. The molecule has 21 heavy (non-hydrogen) atoms. The molecule has 0 radical (unpaired) electrons. The highest BCUT2D eigenvalue weighted by molar-refractivity contribution is 7.91. The van der Waals surface area contributed by atoms with E-state index in [2.05, 4.69) is 0 Å². The molecule has 0 aliphatic carbocycles. The van der Waals surface area contributed by atoms with Crippen LogP contribution in [0.5, 0.6) is 0 Å². The van der Waals surface area contributed by atoms with Crippen molar-refractivity contribution in [3.8, 4) is 0 Å². The number of amides is 2. The van der Waals surface area contributed by atoms with Crippen molar-refractivity contribution < 1.29 is 28.2 Å². The van der Waals surface area contributed by atoms with Gasteiger partial charge in [-0.2, -0.15) is 0 Å². The summed E-state index contributed by atoms with van der Waals surface area (Å²) in [6.45, 7) is 0.974. The Morgan fingerprint density at radius 1 is 1.24 bits per heavy atom. The largest absolute Gasteiger partial charge is 0.481 e. The van der Waals surface area contributed by atoms with Crippen LogP contribution in [0, 0.1) is 5.92 Å². The number of likely N-dealkylation sites (tertiary alicyclic amines) is 1. The number of nitrogens with zero attached hydrogens (tertiary/aromatic N) is 2. The molecule has 2 aliphatic heterocycles. The van der Waals surface area contributed by atoms with Gasteiger partial charge in [-0.05, 0) is 6.42 Å². The van der Waals surface area contributed by atoms with E-state index in [1.54, 1.807) is 4.90 Å². The highest BCUT2D eigenvalue weighted by Gasteiger charge is 2.38. The number of hydrogen-bond donors (Lipinski definition) is 2. The van der Waals surface area contributed by atoms with Gasteiger partial charge < -0.3 is 20.0 Å². The van der Waals surface area contributed by atoms with Crippen LogP contribution in [0.2, 0.25) is 0 Å². The van der Waals surface area contributed by atoms with E-state index in [0.717, 1.165) is 0 Å². The lowest BCUT2D eigenvalue weighted by Crippen LogP contribution is -2.55. The zero-order valence-corrected chi connectivity index (χ0v) is 12.5. The summed E-state index contributed by atoms with van der Waals surface area (Å²) >= 11 is 0. The molecule has 120 valence electrons. The summed E-state index contributed by atoms with van der Waals surface area (Å²) in [5.41, 5.74) is 0. The lowest BCUT2D eigenvalue weighted by molar-refractivity contribution is -0.138. The Labute approximate surface area is 123 Å². The summed E-state index contributed by atoms with van der Waals surface area (Å²) in [6.07, 6.45) is 0.334. The lowest BCUT2D eigenvalue weighted by Gasteiger charge is -2.37. The molecule has 0 spiro atoms. The number of sulfone groups is 1. The van der Waals surface area contributed by atoms with Crippen molar-refractivity contribution in [3.05, 3.63) is 0 Å². The third-order valence-electron chi connectivity index (χ3n) is 4.00. The Hall–Kier alpha value is -1.35. The van der Waals surface area contributed by atoms with E-state index in [0.29, 0.717) is 19.5 Å². The van der Waals surface area contributed by atoms with Crippen LogP contribution in [0.1, 0.15) is 12.8 Å². The van der Waals surface area contributed by atoms with E-state index in [4.69, 9.17) is 10.2 Å². The minimum Gasteiger partial charge on any atom is -0.481 e. The van der Waals surface area contributed by atoms with Crippen molar-refractivity contribution in [2.75, 3.05) is 37.7 Å². The maximum absolute atomic E-state index is 12.4. The molecule has 2 atom stereocenters. The average molecular weight is 320 g/mol. The third-order valence-corrected chi connectivity index (χ3v) is 5.70. The quantitative estimate of drug-likeness (QED) is 0.689. The predicted octanol–water partition coefficient (Wildman–Crippen LogP) is -1.01. The SMILES string of the molecule is O=C(O)CC1CS(=O)(=O)CCN1C(=O)N1CCC(CO)C1. The van der Waals surface area contributed by atoms with Gasteiger partial charge in [0.05, 0.1) is 24.0 Å². The Balaban J connectivity index is 2.08. The molecule has 2 rings (SSSR count). The average Bonchev–Trinajstić information content (AvgIpc) is 2.85. The van der Waals surface area contributed by atoms with Crippen molar-refractivity contribution >= 4 is 21.8 Å². The molecule has 0 aromatic rings. The maximum Gasteiger partial charge on any atom is 0.320 e. The van der Waals surface area contributed by atoms with Crippen LogP contribution in [0.15, 0.2) is 0 Å². The van der Waals surface area contributed by atoms with Gasteiger partial charge in [0.1, 0.15) is 0 Å². The first-order chi connectivity index (χ1) is 9.82. The Morgan fingerprint density at radius 2 is 1.95 bits per heavy atom. The number of carbonyl (C=O) groups is 2. The molecule has 9 heteroatoms. The third kappa shape index (κ3) is 3.85. The van der Waals surface area contributed by atoms with Crippen molar-refractivity contribution in [1.82, 2.24) is 9.80 Å². The number of rotatable bonds is 3. The van der Waals surface area contributed by atoms with Gasteiger partial charge >= 0.3 is 12.0 Å². The van der Waals surface area contributed by atoms with Gasteiger partial charge in [-0.3, -0.25) is 4.79 Å². The maximum atomic E-state index is 12.4. The molecule has 0 aromatic carbocycles. The molecule has 2 heterocycles. The first-order valence-electron chi connectivity index (χ1n) is 6.91. The number of aliphatic hydroxyl groups excluding tert-OH is 1. The molecule has 2 fully saturated rings. The molecule has 2 unspecified atom stereocenters. The molecule has 2 aliphatic rings. The number of hydrogen-bond acceptors (Lipinski definition) is 5. The second-order valence-electron chi connectivity index (χ2n) is 5.63. The molecule has 0 aromatic heterocycles. The van der Waals surface area contributed by atoms with Crippen LogP contribution in [0.25, 0.3) is 0 Å². The van der Waals surface area contributed by atoms with Gasteiger partial charge in [0.25, 0.3) is 0 Å². The van der Waals surface area contributed by atoms with Crippen LogP contribution in [0.4, 0.5) is 4.79 Å². The second kappa shape index (κ2) is 6.18. The molecule has 2 amide bonds. The van der Waals surface area contributed by atoms with Crippen LogP contribution in [0.3, 0.4) is 0 Å². The van der Waals surface area contributed by atoms with Crippen molar-refractivity contribution in [3.63, 3.8) is 0 Å². The summed E-state index contributed by atoms with van der Waals surface area (Å²) < 4.78 is 23.3. The minimum absolute atomic E-state index is 0.0106. The molecular formula is C12H20N2O6S. The van der Waals surface area contributed by atoms with E-state index in [9.17, 15) is 18.0 Å². The fraction of sp³-hybridized carbons (Fsp3) is 0.833. The Kier molecular flexibility index (Phi) is 4.72. The van der Waals surface area contributed by atoms with Gasteiger partial charge in [0.15, 0.2) is 9.84 Å². The summed E-state index contributed by atoms with van der Waals surface area (Å²) in [5, 5.41) is 18.0. The van der Waals surface area contributed by atoms with Crippen molar-refractivity contribution in [1.29, 1.82) is 0 Å². The number of aliphatic hydroxyl groups is 1. The van der Waals surface area contributed by atoms with E-state index < -0.39 is 21.8 Å². The van der Waals surface area contributed by atoms with Gasteiger partial charge in [-0.1, -0.05) is 0 Å². The monoisotopic (exact) mass is 320 g/mol. The van der Waals surface area contributed by atoms with Crippen molar-refractivity contribution in [2.24, 2.45) is 5.92 Å². The van der Waals surface area contributed by atoms with Crippen LogP contribution in [-0.4, -0.2) is 84.2 Å². The topological polar surface area (TPSA) is 115 Å². The van der Waals surface area contributed by atoms with Crippen molar-refractivity contribution in [2.45, 2.75) is 18.9 Å². The zero-order chi connectivity index (χ0) is 15.6. The highest BCUT2D eigenvalue weighted by Crippen LogP contribution is 2.21. The molecule has 8 nitrogen and oxygen atoms in total. The number of carboxylic acid groups (broad SMARTS) is 1. The normalized spacial score (nSPS) is 28.6. The molecule has 2 saturated heterocycles. The van der Waals surface area contributed by atoms with E-state index in [1.165, 1.54) is 4.90 Å². The van der Waals surface area contributed by atoms with E-state index in [1.807, 2.05) is 0 Å². The number of carbonyl (C=O) groups excluding carboxylic acids is 1. The summed E-state index contributed by atoms with van der Waals surface area (Å²) in [5.74, 6) is -1.51. The summed E-state index contributed by atoms with van der Waals surface area (Å²) in [6, 6.07) is -1.14. The highest BCUT2D eigenvalue weighted by atomic mass is 32.2. The molecular weight excluding hydrogens is 300 g/mol. The van der Waals surface area contributed by atoms with Gasteiger partial charge in [0, 0.05) is 32.2 Å². The molecule has 0 bridgehead atoms. The lowest BCUT2D eigenvalue weighted by atomic mass is 10.1. The van der Waals surface area contributed by atoms with Crippen LogP contribution < -0.4 is 0 Å². The van der Waals surface area contributed by atoms with E-state index in [-0.39, 0.29) is 43.0 Å². The fourth-order valence-corrected chi connectivity index (χ4v) is 4.37. The number of urea groups is 1.